The zero-order chi connectivity index (χ0) is 18.1. The fraction of sp³-hybridized carbons (Fsp3) is 0.389. The van der Waals surface area contributed by atoms with Gasteiger partial charge >= 0.3 is 0 Å². The van der Waals surface area contributed by atoms with E-state index >= 15 is 0 Å². The summed E-state index contributed by atoms with van der Waals surface area (Å²) >= 11 is 0. The van der Waals surface area contributed by atoms with Crippen molar-refractivity contribution in [3.8, 4) is 5.82 Å². The Kier molecular flexibility index (Phi) is 4.24. The van der Waals surface area contributed by atoms with Crippen LogP contribution in [-0.4, -0.2) is 56.1 Å². The number of nitrogens with zero attached hydrogens (tertiary/aromatic N) is 8. The molecule has 3 aromatic heterocycles. The summed E-state index contributed by atoms with van der Waals surface area (Å²) in [5.41, 5.74) is 3.02. The Labute approximate surface area is 152 Å². The van der Waals surface area contributed by atoms with Gasteiger partial charge in [0.05, 0.1) is 5.69 Å². The maximum Gasteiger partial charge on any atom is 0.225 e. The van der Waals surface area contributed by atoms with Gasteiger partial charge in [0.2, 0.25) is 5.95 Å². The van der Waals surface area contributed by atoms with Crippen LogP contribution in [0.25, 0.3) is 5.82 Å². The molecular formula is C18H22N8. The van der Waals surface area contributed by atoms with Gasteiger partial charge < -0.3 is 9.80 Å². The second kappa shape index (κ2) is 6.70. The van der Waals surface area contributed by atoms with E-state index in [9.17, 15) is 0 Å². The minimum Gasteiger partial charge on any atom is -0.352 e. The molecule has 0 unspecified atom stereocenters. The van der Waals surface area contributed by atoms with Gasteiger partial charge in [-0.05, 0) is 45.0 Å². The van der Waals surface area contributed by atoms with Crippen LogP contribution in [0, 0.1) is 20.8 Å². The van der Waals surface area contributed by atoms with E-state index in [0.29, 0.717) is 0 Å². The third-order valence-electron chi connectivity index (χ3n) is 4.53. The zero-order valence-corrected chi connectivity index (χ0v) is 15.3. The molecule has 4 heterocycles. The van der Waals surface area contributed by atoms with Crippen molar-refractivity contribution < 1.29 is 0 Å². The maximum atomic E-state index is 4.51. The van der Waals surface area contributed by atoms with Crippen LogP contribution >= 0.6 is 0 Å². The lowest BCUT2D eigenvalue weighted by atomic mass is 10.3. The van der Waals surface area contributed by atoms with Gasteiger partial charge in [0.15, 0.2) is 11.6 Å². The molecule has 8 nitrogen and oxygen atoms in total. The van der Waals surface area contributed by atoms with Crippen LogP contribution in [0.15, 0.2) is 30.5 Å². The van der Waals surface area contributed by atoms with Crippen molar-refractivity contribution in [3.05, 3.63) is 47.5 Å². The second-order valence-electron chi connectivity index (χ2n) is 6.56. The van der Waals surface area contributed by atoms with Crippen molar-refractivity contribution in [3.63, 3.8) is 0 Å². The lowest BCUT2D eigenvalue weighted by Gasteiger charge is -2.35. The molecule has 4 rings (SSSR count). The lowest BCUT2D eigenvalue weighted by molar-refractivity contribution is 0.629. The van der Waals surface area contributed by atoms with Crippen LogP contribution in [0.2, 0.25) is 0 Å². The molecular weight excluding hydrogens is 328 g/mol. The zero-order valence-electron chi connectivity index (χ0n) is 15.3. The largest absolute Gasteiger partial charge is 0.352 e. The summed E-state index contributed by atoms with van der Waals surface area (Å²) in [6.07, 6.45) is 1.81. The molecule has 1 aliphatic rings. The van der Waals surface area contributed by atoms with Crippen LogP contribution in [0.4, 0.5) is 11.8 Å². The highest BCUT2D eigenvalue weighted by atomic mass is 15.4. The van der Waals surface area contributed by atoms with Crippen molar-refractivity contribution in [2.24, 2.45) is 0 Å². The minimum atomic E-state index is 0.742. The third kappa shape index (κ3) is 3.22. The Bertz CT molecular complexity index is 894. The Morgan fingerprint density at radius 1 is 0.808 bits per heavy atom. The maximum absolute atomic E-state index is 4.51. The quantitative estimate of drug-likeness (QED) is 0.711. The predicted octanol–water partition coefficient (Wildman–Crippen LogP) is 1.70. The first-order valence-electron chi connectivity index (χ1n) is 8.77. The number of hydrogen-bond donors (Lipinski definition) is 0. The number of anilines is 2. The summed E-state index contributed by atoms with van der Waals surface area (Å²) in [4.78, 5) is 13.3. The van der Waals surface area contributed by atoms with Gasteiger partial charge in [0.25, 0.3) is 0 Å². The van der Waals surface area contributed by atoms with Crippen molar-refractivity contribution in [1.82, 2.24) is 29.9 Å². The molecule has 3 aromatic rings. The normalized spacial score (nSPS) is 14.7. The van der Waals surface area contributed by atoms with Gasteiger partial charge in [-0.3, -0.25) is 0 Å². The molecule has 134 valence electrons. The van der Waals surface area contributed by atoms with Crippen molar-refractivity contribution in [2.45, 2.75) is 20.8 Å². The summed E-state index contributed by atoms with van der Waals surface area (Å²) in [7, 11) is 0. The summed E-state index contributed by atoms with van der Waals surface area (Å²) < 4.78 is 1.82. The van der Waals surface area contributed by atoms with Gasteiger partial charge in [-0.1, -0.05) is 0 Å². The van der Waals surface area contributed by atoms with E-state index in [1.54, 1.807) is 0 Å². The van der Waals surface area contributed by atoms with E-state index < -0.39 is 0 Å². The van der Waals surface area contributed by atoms with E-state index in [4.69, 9.17) is 0 Å². The van der Waals surface area contributed by atoms with Gasteiger partial charge in [-0.15, -0.1) is 10.2 Å². The van der Waals surface area contributed by atoms with E-state index in [1.807, 2.05) is 55.9 Å². The highest BCUT2D eigenvalue weighted by Crippen LogP contribution is 2.17. The molecule has 0 N–H and O–H groups in total. The third-order valence-corrected chi connectivity index (χ3v) is 4.53. The molecule has 0 atom stereocenters. The van der Waals surface area contributed by atoms with E-state index in [1.165, 1.54) is 0 Å². The summed E-state index contributed by atoms with van der Waals surface area (Å²) in [6.45, 7) is 9.44. The second-order valence-corrected chi connectivity index (χ2v) is 6.56. The molecule has 0 aromatic carbocycles. The SMILES string of the molecule is Cc1ccnc(N2CCN(c3ccc(-n4nc(C)cc4C)nn3)CC2)n1. The van der Waals surface area contributed by atoms with Gasteiger partial charge in [0.1, 0.15) is 0 Å². The van der Waals surface area contributed by atoms with Gasteiger partial charge in [-0.25, -0.2) is 14.6 Å². The summed E-state index contributed by atoms with van der Waals surface area (Å²) in [6, 6.07) is 7.93. The Morgan fingerprint density at radius 2 is 1.50 bits per heavy atom. The highest BCUT2D eigenvalue weighted by Gasteiger charge is 2.20. The number of aryl methyl sites for hydroxylation is 3. The fourth-order valence-electron chi connectivity index (χ4n) is 3.18. The average Bonchev–Trinajstić information content (AvgIpc) is 3.00. The standard InChI is InChI=1S/C18H22N8/c1-13-6-7-19-18(20-13)25-10-8-24(9-11-25)16-4-5-17(22-21-16)26-15(3)12-14(2)23-26/h4-7,12H,8-11H2,1-3H3. The molecule has 8 heteroatoms. The molecule has 1 aliphatic heterocycles. The topological polar surface area (TPSA) is 75.9 Å². The first-order valence-corrected chi connectivity index (χ1v) is 8.77. The molecule has 1 fully saturated rings. The molecule has 0 radical (unpaired) electrons. The lowest BCUT2D eigenvalue weighted by Crippen LogP contribution is -2.47. The van der Waals surface area contributed by atoms with Crippen molar-refractivity contribution in [2.75, 3.05) is 36.0 Å². The van der Waals surface area contributed by atoms with E-state index in [0.717, 1.165) is 60.8 Å². The monoisotopic (exact) mass is 350 g/mol. The van der Waals surface area contributed by atoms with Crippen LogP contribution in [0.3, 0.4) is 0 Å². The number of aromatic nitrogens is 6. The van der Waals surface area contributed by atoms with Crippen LogP contribution in [-0.2, 0) is 0 Å². The molecule has 0 aliphatic carbocycles. The number of hydrogen-bond acceptors (Lipinski definition) is 7. The fourth-order valence-corrected chi connectivity index (χ4v) is 3.18. The number of piperazine rings is 1. The molecule has 0 saturated carbocycles. The first-order chi connectivity index (χ1) is 12.6. The Hall–Kier alpha value is -3.03. The van der Waals surface area contributed by atoms with Gasteiger partial charge in [0, 0.05) is 43.8 Å². The Morgan fingerprint density at radius 3 is 2.12 bits per heavy atom. The summed E-state index contributed by atoms with van der Waals surface area (Å²) in [5.74, 6) is 2.43. The predicted molar refractivity (Wildman–Crippen MR) is 99.8 cm³/mol. The summed E-state index contributed by atoms with van der Waals surface area (Å²) in [5, 5.41) is 13.2. The van der Waals surface area contributed by atoms with E-state index in [-0.39, 0.29) is 0 Å². The minimum absolute atomic E-state index is 0.742. The molecule has 0 spiro atoms. The molecule has 26 heavy (non-hydrogen) atoms. The highest BCUT2D eigenvalue weighted by molar-refractivity contribution is 5.43. The van der Waals surface area contributed by atoms with Crippen LogP contribution < -0.4 is 9.80 Å². The molecule has 0 amide bonds. The number of rotatable bonds is 3. The van der Waals surface area contributed by atoms with E-state index in [2.05, 4.69) is 35.1 Å². The molecule has 0 bridgehead atoms. The first kappa shape index (κ1) is 16.4. The van der Waals surface area contributed by atoms with Crippen LogP contribution in [0.5, 0.6) is 0 Å². The van der Waals surface area contributed by atoms with Crippen molar-refractivity contribution in [1.29, 1.82) is 0 Å². The van der Waals surface area contributed by atoms with Gasteiger partial charge in [-0.2, -0.15) is 5.10 Å². The Balaban J connectivity index is 1.44. The smallest absolute Gasteiger partial charge is 0.225 e. The van der Waals surface area contributed by atoms with Crippen LogP contribution in [0.1, 0.15) is 17.1 Å². The van der Waals surface area contributed by atoms with Crippen molar-refractivity contribution >= 4 is 11.8 Å². The average molecular weight is 350 g/mol. The molecule has 1 saturated heterocycles.